The summed E-state index contributed by atoms with van der Waals surface area (Å²) in [5, 5.41) is 3.11. The van der Waals surface area contributed by atoms with E-state index >= 15 is 0 Å². The topological polar surface area (TPSA) is 49.4 Å². The first kappa shape index (κ1) is 14.5. The SMILES string of the molecule is CNCCCc1ccc(S(=O)(=O)N2CCCC2)cc1. The molecule has 4 nitrogen and oxygen atoms in total. The van der Waals surface area contributed by atoms with Gasteiger partial charge >= 0.3 is 0 Å². The molecule has 0 aliphatic carbocycles. The zero-order valence-corrected chi connectivity index (χ0v) is 12.2. The molecule has 0 saturated carbocycles. The Balaban J connectivity index is 2.05. The van der Waals surface area contributed by atoms with Crippen molar-refractivity contribution in [3.05, 3.63) is 29.8 Å². The Morgan fingerprint density at radius 2 is 1.79 bits per heavy atom. The Morgan fingerprint density at radius 1 is 1.16 bits per heavy atom. The molecular weight excluding hydrogens is 260 g/mol. The van der Waals surface area contributed by atoms with Crippen molar-refractivity contribution in [1.29, 1.82) is 0 Å². The maximum absolute atomic E-state index is 12.3. The van der Waals surface area contributed by atoms with Gasteiger partial charge in [0.25, 0.3) is 0 Å². The van der Waals surface area contributed by atoms with Gasteiger partial charge in [0, 0.05) is 13.1 Å². The first-order chi connectivity index (χ1) is 9.14. The summed E-state index contributed by atoms with van der Waals surface area (Å²) >= 11 is 0. The molecule has 0 radical (unpaired) electrons. The summed E-state index contributed by atoms with van der Waals surface area (Å²) in [5.74, 6) is 0. The van der Waals surface area contributed by atoms with Crippen LogP contribution in [0.15, 0.2) is 29.2 Å². The van der Waals surface area contributed by atoms with Crippen molar-refractivity contribution in [2.24, 2.45) is 0 Å². The predicted octanol–water partition coefficient (Wildman–Crippen LogP) is 1.62. The van der Waals surface area contributed by atoms with Crippen molar-refractivity contribution >= 4 is 10.0 Å². The van der Waals surface area contributed by atoms with Crippen LogP contribution in [0.2, 0.25) is 0 Å². The molecular formula is C14H22N2O2S. The Kier molecular flexibility index (Phi) is 4.96. The highest BCUT2D eigenvalue weighted by Gasteiger charge is 2.26. The number of benzene rings is 1. The second-order valence-corrected chi connectivity index (χ2v) is 6.90. The van der Waals surface area contributed by atoms with Gasteiger partial charge in [0.05, 0.1) is 4.90 Å². The van der Waals surface area contributed by atoms with Crippen LogP contribution in [-0.4, -0.2) is 39.4 Å². The van der Waals surface area contributed by atoms with Crippen molar-refractivity contribution < 1.29 is 8.42 Å². The van der Waals surface area contributed by atoms with E-state index in [1.165, 1.54) is 5.56 Å². The van der Waals surface area contributed by atoms with E-state index < -0.39 is 10.0 Å². The third-order valence-electron chi connectivity index (χ3n) is 3.52. The second kappa shape index (κ2) is 6.50. The van der Waals surface area contributed by atoms with Gasteiger partial charge in [-0.25, -0.2) is 8.42 Å². The highest BCUT2D eigenvalue weighted by molar-refractivity contribution is 7.89. The van der Waals surface area contributed by atoms with E-state index in [2.05, 4.69) is 5.32 Å². The lowest BCUT2D eigenvalue weighted by Crippen LogP contribution is -2.27. The number of rotatable bonds is 6. The minimum atomic E-state index is -3.26. The molecule has 2 rings (SSSR count). The molecule has 0 unspecified atom stereocenters. The summed E-state index contributed by atoms with van der Waals surface area (Å²) in [6, 6.07) is 7.34. The molecule has 1 saturated heterocycles. The van der Waals surface area contributed by atoms with E-state index in [1.54, 1.807) is 16.4 Å². The molecule has 5 heteroatoms. The molecule has 1 aliphatic rings. The molecule has 1 aromatic rings. The Morgan fingerprint density at radius 3 is 2.37 bits per heavy atom. The van der Waals surface area contributed by atoms with Gasteiger partial charge in [-0.05, 0) is 57.0 Å². The molecule has 1 heterocycles. The standard InChI is InChI=1S/C14H22N2O2S/c1-15-10-4-5-13-6-8-14(9-7-13)19(17,18)16-11-2-3-12-16/h6-9,15H,2-5,10-12H2,1H3. The van der Waals surface area contributed by atoms with Gasteiger partial charge in [0.15, 0.2) is 0 Å². The van der Waals surface area contributed by atoms with E-state index in [0.717, 1.165) is 32.2 Å². The lowest BCUT2D eigenvalue weighted by molar-refractivity contribution is 0.477. The second-order valence-electron chi connectivity index (χ2n) is 4.96. The number of hydrogen-bond donors (Lipinski definition) is 1. The minimum absolute atomic E-state index is 0.423. The molecule has 1 N–H and O–H groups in total. The van der Waals surface area contributed by atoms with Gasteiger partial charge in [-0.15, -0.1) is 0 Å². The Bertz CT molecular complexity index is 491. The van der Waals surface area contributed by atoms with Gasteiger partial charge in [-0.3, -0.25) is 0 Å². The van der Waals surface area contributed by atoms with Crippen LogP contribution in [0.1, 0.15) is 24.8 Å². The zero-order chi connectivity index (χ0) is 13.7. The van der Waals surface area contributed by atoms with Crippen molar-refractivity contribution in [2.45, 2.75) is 30.6 Å². The van der Waals surface area contributed by atoms with Crippen LogP contribution in [-0.2, 0) is 16.4 Å². The van der Waals surface area contributed by atoms with Crippen LogP contribution in [0.4, 0.5) is 0 Å². The number of hydrogen-bond acceptors (Lipinski definition) is 3. The van der Waals surface area contributed by atoms with Crippen molar-refractivity contribution in [3.8, 4) is 0 Å². The Labute approximate surface area is 115 Å². The normalized spacial score (nSPS) is 16.9. The van der Waals surface area contributed by atoms with E-state index in [-0.39, 0.29) is 0 Å². The van der Waals surface area contributed by atoms with E-state index in [0.29, 0.717) is 18.0 Å². The largest absolute Gasteiger partial charge is 0.320 e. The van der Waals surface area contributed by atoms with Crippen molar-refractivity contribution in [3.63, 3.8) is 0 Å². The van der Waals surface area contributed by atoms with Gasteiger partial charge in [-0.2, -0.15) is 4.31 Å². The summed E-state index contributed by atoms with van der Waals surface area (Å²) < 4.78 is 26.2. The number of aryl methyl sites for hydroxylation is 1. The zero-order valence-electron chi connectivity index (χ0n) is 11.4. The van der Waals surface area contributed by atoms with Crippen LogP contribution < -0.4 is 5.32 Å². The summed E-state index contributed by atoms with van der Waals surface area (Å²) in [7, 11) is -1.32. The van der Waals surface area contributed by atoms with Crippen LogP contribution in [0.3, 0.4) is 0 Å². The molecule has 1 aromatic carbocycles. The number of sulfonamides is 1. The molecule has 0 aromatic heterocycles. The molecule has 1 fully saturated rings. The predicted molar refractivity (Wildman–Crippen MR) is 76.7 cm³/mol. The van der Waals surface area contributed by atoms with Crippen LogP contribution in [0.25, 0.3) is 0 Å². The molecule has 0 bridgehead atoms. The molecule has 19 heavy (non-hydrogen) atoms. The monoisotopic (exact) mass is 282 g/mol. The average Bonchev–Trinajstić information content (AvgIpc) is 2.94. The summed E-state index contributed by atoms with van der Waals surface area (Å²) in [5.41, 5.74) is 1.19. The van der Waals surface area contributed by atoms with E-state index in [1.807, 2.05) is 19.2 Å². The maximum Gasteiger partial charge on any atom is 0.243 e. The van der Waals surface area contributed by atoms with Crippen molar-refractivity contribution in [1.82, 2.24) is 9.62 Å². The lowest BCUT2D eigenvalue weighted by atomic mass is 10.1. The van der Waals surface area contributed by atoms with Crippen molar-refractivity contribution in [2.75, 3.05) is 26.7 Å². The lowest BCUT2D eigenvalue weighted by Gasteiger charge is -2.15. The summed E-state index contributed by atoms with van der Waals surface area (Å²) in [6.45, 7) is 2.30. The fourth-order valence-corrected chi connectivity index (χ4v) is 3.89. The fourth-order valence-electron chi connectivity index (χ4n) is 2.37. The van der Waals surface area contributed by atoms with Crippen LogP contribution in [0.5, 0.6) is 0 Å². The first-order valence-electron chi connectivity index (χ1n) is 6.88. The molecule has 1 aliphatic heterocycles. The smallest absolute Gasteiger partial charge is 0.243 e. The van der Waals surface area contributed by atoms with Gasteiger partial charge in [0.2, 0.25) is 10.0 Å². The van der Waals surface area contributed by atoms with E-state index in [9.17, 15) is 8.42 Å². The summed E-state index contributed by atoms with van der Waals surface area (Å²) in [4.78, 5) is 0.423. The molecule has 0 atom stereocenters. The number of nitrogens with one attached hydrogen (secondary N) is 1. The quantitative estimate of drug-likeness (QED) is 0.807. The Hall–Kier alpha value is -0.910. The fraction of sp³-hybridized carbons (Fsp3) is 0.571. The highest BCUT2D eigenvalue weighted by atomic mass is 32.2. The number of nitrogens with zero attached hydrogens (tertiary/aromatic N) is 1. The van der Waals surface area contributed by atoms with E-state index in [4.69, 9.17) is 0 Å². The van der Waals surface area contributed by atoms with Gasteiger partial charge in [0.1, 0.15) is 0 Å². The highest BCUT2D eigenvalue weighted by Crippen LogP contribution is 2.21. The van der Waals surface area contributed by atoms with Gasteiger partial charge in [-0.1, -0.05) is 12.1 Å². The first-order valence-corrected chi connectivity index (χ1v) is 8.32. The third-order valence-corrected chi connectivity index (χ3v) is 5.43. The maximum atomic E-state index is 12.3. The minimum Gasteiger partial charge on any atom is -0.320 e. The van der Waals surface area contributed by atoms with Crippen LogP contribution in [0, 0.1) is 0 Å². The molecule has 106 valence electrons. The summed E-state index contributed by atoms with van der Waals surface area (Å²) in [6.07, 6.45) is 3.99. The van der Waals surface area contributed by atoms with Crippen LogP contribution >= 0.6 is 0 Å². The molecule has 0 amide bonds. The van der Waals surface area contributed by atoms with Gasteiger partial charge < -0.3 is 5.32 Å². The third kappa shape index (κ3) is 3.55. The molecule has 0 spiro atoms. The average molecular weight is 282 g/mol.